The smallest absolute Gasteiger partial charge is 0.263 e. The quantitative estimate of drug-likeness (QED) is 0.522. The van der Waals surface area contributed by atoms with Gasteiger partial charge in [0.1, 0.15) is 5.75 Å². The maximum atomic E-state index is 12.3. The van der Waals surface area contributed by atoms with Gasteiger partial charge in [-0.1, -0.05) is 24.3 Å². The summed E-state index contributed by atoms with van der Waals surface area (Å²) < 4.78 is 5.56. The number of hydrogen-bond donors (Lipinski definition) is 1. The maximum absolute atomic E-state index is 12.3. The lowest BCUT2D eigenvalue weighted by molar-refractivity contribution is 0.0647. The van der Waals surface area contributed by atoms with E-state index < -0.39 is 0 Å². The lowest BCUT2D eigenvalue weighted by atomic mass is 10.1. The van der Waals surface area contributed by atoms with Gasteiger partial charge in [0, 0.05) is 12.2 Å². The third-order valence-electron chi connectivity index (χ3n) is 3.57. The first-order chi connectivity index (χ1) is 10.7. The number of nitrogen functional groups attached to an aromatic ring is 1. The molecule has 0 aromatic heterocycles. The first-order valence-electron chi connectivity index (χ1n) is 7.11. The lowest BCUT2D eigenvalue weighted by Gasteiger charge is -2.14. The van der Waals surface area contributed by atoms with E-state index in [2.05, 4.69) is 0 Å². The van der Waals surface area contributed by atoms with Crippen molar-refractivity contribution in [1.82, 2.24) is 4.90 Å². The molecular formula is C17H16N2O3. The monoisotopic (exact) mass is 296 g/mol. The minimum atomic E-state index is -0.321. The second kappa shape index (κ2) is 5.89. The summed E-state index contributed by atoms with van der Waals surface area (Å²) in [6.45, 7) is 0.755. The average Bonchev–Trinajstić information content (AvgIpc) is 2.78. The highest BCUT2D eigenvalue weighted by molar-refractivity contribution is 6.23. The number of hydrogen-bond acceptors (Lipinski definition) is 4. The van der Waals surface area contributed by atoms with E-state index >= 15 is 0 Å². The topological polar surface area (TPSA) is 72.6 Å². The molecule has 0 atom stereocenters. The summed E-state index contributed by atoms with van der Waals surface area (Å²) in [4.78, 5) is 25.7. The molecule has 1 aliphatic rings. The Kier molecular flexibility index (Phi) is 3.78. The fourth-order valence-corrected chi connectivity index (χ4v) is 2.49. The minimum Gasteiger partial charge on any atom is -0.494 e. The van der Waals surface area contributed by atoms with Crippen molar-refractivity contribution in [3.8, 4) is 5.75 Å². The van der Waals surface area contributed by atoms with E-state index in [9.17, 15) is 9.59 Å². The predicted octanol–water partition coefficient (Wildman–Crippen LogP) is 2.33. The molecule has 2 amide bonds. The molecule has 3 rings (SSSR count). The molecule has 0 aliphatic carbocycles. The van der Waals surface area contributed by atoms with Crippen LogP contribution >= 0.6 is 0 Å². The van der Waals surface area contributed by atoms with Crippen LogP contribution in [0.25, 0.3) is 0 Å². The summed E-state index contributed by atoms with van der Waals surface area (Å²) in [6, 6.07) is 14.4. The molecule has 2 aromatic rings. The van der Waals surface area contributed by atoms with E-state index in [1.807, 2.05) is 30.3 Å². The van der Waals surface area contributed by atoms with Gasteiger partial charge in [-0.3, -0.25) is 14.5 Å². The molecule has 2 N–H and O–H groups in total. The Morgan fingerprint density at radius 2 is 1.73 bits per heavy atom. The third-order valence-corrected chi connectivity index (χ3v) is 3.57. The number of carbonyl (C=O) groups is 2. The molecule has 0 radical (unpaired) electrons. The highest BCUT2D eigenvalue weighted by Gasteiger charge is 2.36. The van der Waals surface area contributed by atoms with E-state index in [-0.39, 0.29) is 11.8 Å². The Hall–Kier alpha value is -2.82. The summed E-state index contributed by atoms with van der Waals surface area (Å²) in [5, 5.41) is 0. The SMILES string of the molecule is Nc1cccc2c1C(=O)N(CCCOc1ccccc1)C2=O. The highest BCUT2D eigenvalue weighted by Crippen LogP contribution is 2.27. The van der Waals surface area contributed by atoms with Gasteiger partial charge in [0.15, 0.2) is 0 Å². The van der Waals surface area contributed by atoms with Crippen molar-refractivity contribution in [2.24, 2.45) is 0 Å². The molecule has 5 heteroatoms. The molecule has 1 heterocycles. The Balaban J connectivity index is 1.59. The summed E-state index contributed by atoms with van der Waals surface area (Å²) in [7, 11) is 0. The van der Waals surface area contributed by atoms with Crippen LogP contribution in [0.4, 0.5) is 5.69 Å². The van der Waals surface area contributed by atoms with Crippen molar-refractivity contribution in [1.29, 1.82) is 0 Å². The zero-order valence-electron chi connectivity index (χ0n) is 12.0. The third kappa shape index (κ3) is 2.53. The van der Waals surface area contributed by atoms with E-state index in [0.29, 0.717) is 36.4 Å². The number of carbonyl (C=O) groups excluding carboxylic acids is 2. The second-order valence-electron chi connectivity index (χ2n) is 5.05. The van der Waals surface area contributed by atoms with Gasteiger partial charge in [-0.2, -0.15) is 0 Å². The number of fused-ring (bicyclic) bond motifs is 1. The van der Waals surface area contributed by atoms with Gasteiger partial charge in [0.05, 0.1) is 17.7 Å². The zero-order chi connectivity index (χ0) is 15.5. The van der Waals surface area contributed by atoms with Crippen molar-refractivity contribution >= 4 is 17.5 Å². The van der Waals surface area contributed by atoms with Crippen molar-refractivity contribution in [3.63, 3.8) is 0 Å². The maximum Gasteiger partial charge on any atom is 0.263 e. The molecule has 0 saturated heterocycles. The number of nitrogens with zero attached hydrogens (tertiary/aromatic N) is 1. The molecule has 5 nitrogen and oxygen atoms in total. The van der Waals surface area contributed by atoms with E-state index in [1.54, 1.807) is 18.2 Å². The fraction of sp³-hybridized carbons (Fsp3) is 0.176. The summed E-state index contributed by atoms with van der Waals surface area (Å²) >= 11 is 0. The van der Waals surface area contributed by atoms with Crippen LogP contribution in [0.3, 0.4) is 0 Å². The highest BCUT2D eigenvalue weighted by atomic mass is 16.5. The van der Waals surface area contributed by atoms with Crippen molar-refractivity contribution in [3.05, 3.63) is 59.7 Å². The molecule has 1 aliphatic heterocycles. The number of imide groups is 1. The van der Waals surface area contributed by atoms with Crippen LogP contribution in [0.1, 0.15) is 27.1 Å². The van der Waals surface area contributed by atoms with Crippen LogP contribution in [0, 0.1) is 0 Å². The number of ether oxygens (including phenoxy) is 1. The zero-order valence-corrected chi connectivity index (χ0v) is 12.0. The number of para-hydroxylation sites is 1. The molecule has 0 saturated carbocycles. The molecular weight excluding hydrogens is 280 g/mol. The molecule has 0 unspecified atom stereocenters. The van der Waals surface area contributed by atoms with Crippen LogP contribution < -0.4 is 10.5 Å². The standard InChI is InChI=1S/C17H16N2O3/c18-14-9-4-8-13-15(14)17(21)19(16(13)20)10-5-11-22-12-6-2-1-3-7-12/h1-4,6-9H,5,10-11,18H2. The van der Waals surface area contributed by atoms with Gasteiger partial charge in [-0.25, -0.2) is 0 Å². The summed E-state index contributed by atoms with van der Waals surface area (Å²) in [6.07, 6.45) is 0.570. The molecule has 22 heavy (non-hydrogen) atoms. The first-order valence-corrected chi connectivity index (χ1v) is 7.11. The van der Waals surface area contributed by atoms with Crippen molar-refractivity contribution in [2.45, 2.75) is 6.42 Å². The van der Waals surface area contributed by atoms with Crippen LogP contribution in [0.2, 0.25) is 0 Å². The normalized spacial score (nSPS) is 13.4. The lowest BCUT2D eigenvalue weighted by Crippen LogP contribution is -2.31. The first kappa shape index (κ1) is 14.1. The molecule has 0 spiro atoms. The van der Waals surface area contributed by atoms with Gasteiger partial charge in [0.2, 0.25) is 0 Å². The van der Waals surface area contributed by atoms with E-state index in [1.165, 1.54) is 4.90 Å². The average molecular weight is 296 g/mol. The molecule has 0 bridgehead atoms. The second-order valence-corrected chi connectivity index (χ2v) is 5.05. The summed E-state index contributed by atoms with van der Waals surface area (Å²) in [5.74, 6) is 0.166. The fourth-order valence-electron chi connectivity index (χ4n) is 2.49. The Morgan fingerprint density at radius 1 is 0.955 bits per heavy atom. The largest absolute Gasteiger partial charge is 0.494 e. The number of rotatable bonds is 5. The number of amides is 2. The number of nitrogens with two attached hydrogens (primary N) is 1. The molecule has 112 valence electrons. The van der Waals surface area contributed by atoms with Gasteiger partial charge in [-0.15, -0.1) is 0 Å². The van der Waals surface area contributed by atoms with Crippen LogP contribution in [0.5, 0.6) is 5.75 Å². The number of anilines is 1. The van der Waals surface area contributed by atoms with Crippen LogP contribution in [-0.4, -0.2) is 29.9 Å². The van der Waals surface area contributed by atoms with Gasteiger partial charge < -0.3 is 10.5 Å². The van der Waals surface area contributed by atoms with Crippen molar-refractivity contribution in [2.75, 3.05) is 18.9 Å². The van der Waals surface area contributed by atoms with Gasteiger partial charge in [0.25, 0.3) is 11.8 Å². The van der Waals surface area contributed by atoms with Crippen LogP contribution in [-0.2, 0) is 0 Å². The Morgan fingerprint density at radius 3 is 2.45 bits per heavy atom. The van der Waals surface area contributed by atoms with E-state index in [0.717, 1.165) is 5.75 Å². The van der Waals surface area contributed by atoms with Gasteiger partial charge in [-0.05, 0) is 30.7 Å². The summed E-state index contributed by atoms with van der Waals surface area (Å²) in [5.41, 5.74) is 6.84. The van der Waals surface area contributed by atoms with E-state index in [4.69, 9.17) is 10.5 Å². The predicted molar refractivity (Wildman–Crippen MR) is 82.8 cm³/mol. The Labute approximate surface area is 128 Å². The van der Waals surface area contributed by atoms with Crippen molar-refractivity contribution < 1.29 is 14.3 Å². The molecule has 0 fully saturated rings. The van der Waals surface area contributed by atoms with Gasteiger partial charge >= 0.3 is 0 Å². The minimum absolute atomic E-state index is 0.285. The molecule has 2 aromatic carbocycles. The van der Waals surface area contributed by atoms with Crippen LogP contribution in [0.15, 0.2) is 48.5 Å². The Bertz CT molecular complexity index is 713. The number of benzene rings is 2.